The van der Waals surface area contributed by atoms with Gasteiger partial charge in [0.1, 0.15) is 5.54 Å². The SMILES string of the molecule is CC(C)(C)NCC(=O)N1CCNC(=O)C1(C)C. The third-order valence-corrected chi connectivity index (χ3v) is 2.92. The fraction of sp³-hybridized carbons (Fsp3) is 0.833. The Labute approximate surface area is 103 Å². The van der Waals surface area contributed by atoms with E-state index in [1.54, 1.807) is 18.7 Å². The van der Waals surface area contributed by atoms with Crippen molar-refractivity contribution >= 4 is 11.8 Å². The van der Waals surface area contributed by atoms with Crippen molar-refractivity contribution in [1.29, 1.82) is 0 Å². The number of carbonyl (C=O) groups is 2. The van der Waals surface area contributed by atoms with Crippen LogP contribution in [0.5, 0.6) is 0 Å². The molecule has 0 saturated carbocycles. The minimum atomic E-state index is -0.755. The number of carbonyl (C=O) groups excluding carboxylic acids is 2. The average Bonchev–Trinajstić information content (AvgIpc) is 2.17. The number of amides is 2. The van der Waals surface area contributed by atoms with Crippen LogP contribution in [0.25, 0.3) is 0 Å². The van der Waals surface area contributed by atoms with E-state index in [2.05, 4.69) is 10.6 Å². The molecule has 0 aromatic carbocycles. The summed E-state index contributed by atoms with van der Waals surface area (Å²) in [5, 5.41) is 5.92. The predicted molar refractivity (Wildman–Crippen MR) is 66.6 cm³/mol. The van der Waals surface area contributed by atoms with Crippen LogP contribution < -0.4 is 10.6 Å². The molecule has 0 atom stereocenters. The fourth-order valence-corrected chi connectivity index (χ4v) is 1.77. The number of piperazine rings is 1. The fourth-order valence-electron chi connectivity index (χ4n) is 1.77. The van der Waals surface area contributed by atoms with Crippen molar-refractivity contribution in [1.82, 2.24) is 15.5 Å². The van der Waals surface area contributed by atoms with Gasteiger partial charge in [-0.3, -0.25) is 9.59 Å². The summed E-state index contributed by atoms with van der Waals surface area (Å²) < 4.78 is 0. The lowest BCUT2D eigenvalue weighted by Gasteiger charge is -2.41. The van der Waals surface area contributed by atoms with Gasteiger partial charge in [0, 0.05) is 18.6 Å². The summed E-state index contributed by atoms with van der Waals surface area (Å²) in [6, 6.07) is 0. The average molecular weight is 241 g/mol. The van der Waals surface area contributed by atoms with Crippen LogP contribution in [0, 0.1) is 0 Å². The van der Waals surface area contributed by atoms with Crippen molar-refractivity contribution in [2.45, 2.75) is 45.7 Å². The molecule has 0 unspecified atom stereocenters. The molecule has 1 heterocycles. The van der Waals surface area contributed by atoms with Crippen molar-refractivity contribution in [3.8, 4) is 0 Å². The summed E-state index contributed by atoms with van der Waals surface area (Å²) in [4.78, 5) is 25.4. The van der Waals surface area contributed by atoms with E-state index in [4.69, 9.17) is 0 Å². The molecule has 5 nitrogen and oxygen atoms in total. The highest BCUT2D eigenvalue weighted by molar-refractivity contribution is 5.92. The highest BCUT2D eigenvalue weighted by Crippen LogP contribution is 2.17. The zero-order valence-corrected chi connectivity index (χ0v) is 11.4. The van der Waals surface area contributed by atoms with Gasteiger partial charge in [0.05, 0.1) is 6.54 Å². The van der Waals surface area contributed by atoms with E-state index < -0.39 is 5.54 Å². The Kier molecular flexibility index (Phi) is 3.81. The van der Waals surface area contributed by atoms with Gasteiger partial charge in [-0.25, -0.2) is 0 Å². The molecule has 17 heavy (non-hydrogen) atoms. The molecule has 1 saturated heterocycles. The second-order valence-electron chi connectivity index (χ2n) is 5.96. The molecule has 0 aromatic heterocycles. The van der Waals surface area contributed by atoms with Gasteiger partial charge >= 0.3 is 0 Å². The van der Waals surface area contributed by atoms with Crippen LogP contribution in [0.4, 0.5) is 0 Å². The van der Waals surface area contributed by atoms with Crippen molar-refractivity contribution < 1.29 is 9.59 Å². The zero-order valence-electron chi connectivity index (χ0n) is 11.4. The number of hydrogen-bond acceptors (Lipinski definition) is 3. The third-order valence-electron chi connectivity index (χ3n) is 2.92. The standard InChI is InChI=1S/C12H23N3O2/c1-11(2,3)14-8-9(16)15-7-6-13-10(17)12(15,4)5/h14H,6-8H2,1-5H3,(H,13,17). The Morgan fingerprint density at radius 2 is 2.06 bits per heavy atom. The Hall–Kier alpha value is -1.10. The monoisotopic (exact) mass is 241 g/mol. The minimum absolute atomic E-state index is 0.0280. The maximum Gasteiger partial charge on any atom is 0.245 e. The van der Waals surface area contributed by atoms with Crippen LogP contribution in [-0.4, -0.2) is 47.4 Å². The molecule has 98 valence electrons. The molecule has 2 amide bonds. The highest BCUT2D eigenvalue weighted by atomic mass is 16.2. The molecule has 1 fully saturated rings. The van der Waals surface area contributed by atoms with E-state index in [0.29, 0.717) is 13.1 Å². The van der Waals surface area contributed by atoms with E-state index in [0.717, 1.165) is 0 Å². The van der Waals surface area contributed by atoms with E-state index in [1.807, 2.05) is 20.8 Å². The predicted octanol–water partition coefficient (Wildman–Crippen LogP) is 0.112. The second kappa shape index (κ2) is 4.64. The number of hydrogen-bond donors (Lipinski definition) is 2. The first-order valence-corrected chi connectivity index (χ1v) is 5.98. The first-order valence-electron chi connectivity index (χ1n) is 5.98. The van der Waals surface area contributed by atoms with Crippen molar-refractivity contribution in [3.63, 3.8) is 0 Å². The van der Waals surface area contributed by atoms with Gasteiger partial charge in [0.25, 0.3) is 0 Å². The summed E-state index contributed by atoms with van der Waals surface area (Å²) in [7, 11) is 0. The minimum Gasteiger partial charge on any atom is -0.352 e. The van der Waals surface area contributed by atoms with Gasteiger partial charge in [-0.15, -0.1) is 0 Å². The summed E-state index contributed by atoms with van der Waals surface area (Å²) in [5.74, 6) is -0.118. The van der Waals surface area contributed by atoms with E-state index >= 15 is 0 Å². The molecule has 2 N–H and O–H groups in total. The highest BCUT2D eigenvalue weighted by Gasteiger charge is 2.40. The molecule has 0 aromatic rings. The lowest BCUT2D eigenvalue weighted by molar-refractivity contribution is -0.148. The maximum atomic E-state index is 12.1. The summed E-state index contributed by atoms with van der Waals surface area (Å²) >= 11 is 0. The molecule has 0 spiro atoms. The Morgan fingerprint density at radius 1 is 1.47 bits per heavy atom. The Morgan fingerprint density at radius 3 is 2.59 bits per heavy atom. The summed E-state index contributed by atoms with van der Waals surface area (Å²) in [6.45, 7) is 10.9. The molecule has 0 aliphatic carbocycles. The van der Waals surface area contributed by atoms with Crippen molar-refractivity contribution in [3.05, 3.63) is 0 Å². The van der Waals surface area contributed by atoms with Crippen LogP contribution in [0.1, 0.15) is 34.6 Å². The van der Waals surface area contributed by atoms with Crippen LogP contribution in [0.3, 0.4) is 0 Å². The molecule has 5 heteroatoms. The first-order chi connectivity index (χ1) is 7.64. The van der Waals surface area contributed by atoms with E-state index in [9.17, 15) is 9.59 Å². The molecule has 0 radical (unpaired) electrons. The second-order valence-corrected chi connectivity index (χ2v) is 5.96. The molecule has 0 bridgehead atoms. The van der Waals surface area contributed by atoms with Gasteiger partial charge in [-0.2, -0.15) is 0 Å². The maximum absolute atomic E-state index is 12.1. The number of nitrogens with zero attached hydrogens (tertiary/aromatic N) is 1. The largest absolute Gasteiger partial charge is 0.352 e. The molecule has 1 rings (SSSR count). The lowest BCUT2D eigenvalue weighted by Crippen LogP contribution is -2.64. The normalized spacial score (nSPS) is 20.1. The molecular formula is C12H23N3O2. The quantitative estimate of drug-likeness (QED) is 0.721. The Balaban J connectivity index is 2.65. The number of rotatable bonds is 2. The van der Waals surface area contributed by atoms with Gasteiger partial charge in [0.15, 0.2) is 0 Å². The van der Waals surface area contributed by atoms with Gasteiger partial charge < -0.3 is 15.5 Å². The third kappa shape index (κ3) is 3.43. The van der Waals surface area contributed by atoms with Gasteiger partial charge in [0.2, 0.25) is 11.8 Å². The smallest absolute Gasteiger partial charge is 0.245 e. The van der Waals surface area contributed by atoms with Crippen molar-refractivity contribution in [2.75, 3.05) is 19.6 Å². The van der Waals surface area contributed by atoms with Crippen LogP contribution in [0.15, 0.2) is 0 Å². The van der Waals surface area contributed by atoms with Crippen molar-refractivity contribution in [2.24, 2.45) is 0 Å². The van der Waals surface area contributed by atoms with Crippen LogP contribution in [-0.2, 0) is 9.59 Å². The zero-order chi connectivity index (χ0) is 13.3. The first kappa shape index (κ1) is 14.0. The van der Waals surface area contributed by atoms with Crippen LogP contribution in [0.2, 0.25) is 0 Å². The molecule has 1 aliphatic rings. The summed E-state index contributed by atoms with van der Waals surface area (Å²) in [5.41, 5.74) is -0.854. The van der Waals surface area contributed by atoms with Gasteiger partial charge in [-0.1, -0.05) is 0 Å². The Bertz CT molecular complexity index is 318. The van der Waals surface area contributed by atoms with Crippen LogP contribution >= 0.6 is 0 Å². The topological polar surface area (TPSA) is 61.4 Å². The van der Waals surface area contributed by atoms with E-state index in [1.165, 1.54) is 0 Å². The van der Waals surface area contributed by atoms with E-state index in [-0.39, 0.29) is 23.9 Å². The summed E-state index contributed by atoms with van der Waals surface area (Å²) in [6.07, 6.45) is 0. The lowest BCUT2D eigenvalue weighted by atomic mass is 9.98. The number of nitrogens with one attached hydrogen (secondary N) is 2. The molecule has 1 aliphatic heterocycles. The van der Waals surface area contributed by atoms with Gasteiger partial charge in [-0.05, 0) is 34.6 Å². The molecular weight excluding hydrogens is 218 g/mol.